The number of rotatable bonds is 5. The van der Waals surface area contributed by atoms with Crippen molar-refractivity contribution in [1.82, 2.24) is 25.2 Å². The van der Waals surface area contributed by atoms with Crippen LogP contribution in [-0.4, -0.2) is 70.1 Å². The summed E-state index contributed by atoms with van der Waals surface area (Å²) in [6.45, 7) is 1.64. The van der Waals surface area contributed by atoms with Crippen LogP contribution >= 0.6 is 0 Å². The number of amides is 2. The summed E-state index contributed by atoms with van der Waals surface area (Å²) in [6.07, 6.45) is 3.97. The molecule has 28 heavy (non-hydrogen) atoms. The number of fused-ring (bicyclic) bond motifs is 1. The Kier molecular flexibility index (Phi) is 5.84. The van der Waals surface area contributed by atoms with Crippen molar-refractivity contribution >= 4 is 17.6 Å². The van der Waals surface area contributed by atoms with Crippen LogP contribution in [-0.2, 0) is 22.6 Å². The molecule has 0 unspecified atom stereocenters. The number of pyridine rings is 1. The van der Waals surface area contributed by atoms with E-state index < -0.39 is 12.6 Å². The molecule has 0 aromatic carbocycles. The Balaban J connectivity index is 1.94. The number of carbonyl (C=O) groups excluding carboxylic acids is 2. The van der Waals surface area contributed by atoms with Crippen LogP contribution in [0.2, 0.25) is 0 Å². The Morgan fingerprint density at radius 3 is 2.61 bits per heavy atom. The Hall–Kier alpha value is -3.07. The van der Waals surface area contributed by atoms with E-state index in [1.54, 1.807) is 17.3 Å². The van der Waals surface area contributed by atoms with Crippen molar-refractivity contribution in [3.05, 3.63) is 35.8 Å². The van der Waals surface area contributed by atoms with E-state index >= 15 is 0 Å². The number of aliphatic hydroxyl groups excluding tert-OH is 1. The molecule has 9 heteroatoms. The van der Waals surface area contributed by atoms with E-state index in [1.807, 2.05) is 31.1 Å². The van der Waals surface area contributed by atoms with Gasteiger partial charge < -0.3 is 20.2 Å². The first-order valence-corrected chi connectivity index (χ1v) is 9.05. The van der Waals surface area contributed by atoms with Gasteiger partial charge in [-0.25, -0.2) is 9.97 Å². The van der Waals surface area contributed by atoms with Crippen molar-refractivity contribution in [2.24, 2.45) is 0 Å². The average molecular weight is 384 g/mol. The number of anilines is 1. The maximum absolute atomic E-state index is 12.7. The van der Waals surface area contributed by atoms with Crippen LogP contribution in [0.5, 0.6) is 0 Å². The van der Waals surface area contributed by atoms with Crippen molar-refractivity contribution < 1.29 is 14.7 Å². The molecule has 2 aromatic heterocycles. The highest BCUT2D eigenvalue weighted by molar-refractivity contribution is 5.87. The van der Waals surface area contributed by atoms with Crippen molar-refractivity contribution in [1.29, 1.82) is 0 Å². The average Bonchev–Trinajstić information content (AvgIpc) is 2.70. The van der Waals surface area contributed by atoms with Crippen LogP contribution in [0.15, 0.2) is 24.5 Å². The van der Waals surface area contributed by atoms with Crippen molar-refractivity contribution in [3.8, 4) is 11.4 Å². The fourth-order valence-corrected chi connectivity index (χ4v) is 3.25. The molecule has 0 bridgehead atoms. The number of hydrogen-bond donors (Lipinski definition) is 2. The molecule has 0 spiro atoms. The van der Waals surface area contributed by atoms with Gasteiger partial charge in [0.25, 0.3) is 0 Å². The van der Waals surface area contributed by atoms with Gasteiger partial charge in [-0.3, -0.25) is 14.6 Å². The second kappa shape index (κ2) is 8.30. The number of aliphatic hydroxyl groups is 1. The molecule has 148 valence electrons. The molecular weight excluding hydrogens is 360 g/mol. The lowest BCUT2D eigenvalue weighted by Gasteiger charge is -2.32. The smallest absolute Gasteiger partial charge is 0.247 e. The van der Waals surface area contributed by atoms with Gasteiger partial charge in [-0.2, -0.15) is 0 Å². The summed E-state index contributed by atoms with van der Waals surface area (Å²) < 4.78 is 0. The summed E-state index contributed by atoms with van der Waals surface area (Å²) >= 11 is 0. The van der Waals surface area contributed by atoms with Gasteiger partial charge in [0.15, 0.2) is 5.82 Å². The number of aromatic nitrogens is 3. The summed E-state index contributed by atoms with van der Waals surface area (Å²) in [6, 6.07) is 2.73. The largest absolute Gasteiger partial charge is 0.394 e. The zero-order chi connectivity index (χ0) is 20.3. The highest BCUT2D eigenvalue weighted by Crippen LogP contribution is 2.28. The first kappa shape index (κ1) is 19.7. The van der Waals surface area contributed by atoms with Crippen LogP contribution in [0.1, 0.15) is 18.2 Å². The summed E-state index contributed by atoms with van der Waals surface area (Å²) in [5, 5.41) is 12.0. The maximum atomic E-state index is 12.7. The molecule has 1 aliphatic heterocycles. The number of hydrogen-bond acceptors (Lipinski definition) is 7. The molecule has 3 rings (SSSR count). The van der Waals surface area contributed by atoms with E-state index in [9.17, 15) is 14.7 Å². The summed E-state index contributed by atoms with van der Waals surface area (Å²) in [5.74, 6) is 0.713. The second-order valence-electron chi connectivity index (χ2n) is 6.87. The van der Waals surface area contributed by atoms with Gasteiger partial charge in [0, 0.05) is 51.1 Å². The molecular formula is C19H24N6O3. The molecule has 3 heterocycles. The first-order chi connectivity index (χ1) is 13.4. The zero-order valence-corrected chi connectivity index (χ0v) is 16.2. The fourth-order valence-electron chi connectivity index (χ4n) is 3.25. The molecule has 9 nitrogen and oxygen atoms in total. The molecule has 0 fully saturated rings. The quantitative estimate of drug-likeness (QED) is 0.745. The van der Waals surface area contributed by atoms with Crippen molar-refractivity contribution in [2.45, 2.75) is 25.9 Å². The third-order valence-electron chi connectivity index (χ3n) is 4.58. The van der Waals surface area contributed by atoms with Gasteiger partial charge in [0.05, 0.1) is 18.8 Å². The number of nitrogens with one attached hydrogen (secondary N) is 1. The van der Waals surface area contributed by atoms with Crippen LogP contribution in [0, 0.1) is 0 Å². The van der Waals surface area contributed by atoms with Crippen LogP contribution in [0.25, 0.3) is 11.4 Å². The minimum atomic E-state index is -0.950. The summed E-state index contributed by atoms with van der Waals surface area (Å²) in [5.41, 5.74) is 2.62. The molecule has 1 aliphatic rings. The van der Waals surface area contributed by atoms with Gasteiger partial charge in [-0.05, 0) is 18.6 Å². The lowest BCUT2D eigenvalue weighted by molar-refractivity contribution is -0.138. The SMILES string of the molecule is CC(=O)N[C@H](CO)C(=O)N1CCc2c(nc(-c3ccncc3)nc2N(C)C)C1. The van der Waals surface area contributed by atoms with E-state index in [2.05, 4.69) is 10.3 Å². The van der Waals surface area contributed by atoms with E-state index in [-0.39, 0.29) is 11.8 Å². The van der Waals surface area contributed by atoms with Crippen LogP contribution in [0.4, 0.5) is 5.82 Å². The maximum Gasteiger partial charge on any atom is 0.247 e. The topological polar surface area (TPSA) is 112 Å². The Morgan fingerprint density at radius 2 is 2.00 bits per heavy atom. The Labute approximate surface area is 163 Å². The molecule has 2 amide bonds. The molecule has 0 saturated carbocycles. The van der Waals surface area contributed by atoms with Gasteiger partial charge in [0.2, 0.25) is 11.8 Å². The minimum absolute atomic E-state index is 0.297. The van der Waals surface area contributed by atoms with Crippen molar-refractivity contribution in [2.75, 3.05) is 32.1 Å². The molecule has 0 saturated heterocycles. The van der Waals surface area contributed by atoms with E-state index in [1.165, 1.54) is 6.92 Å². The summed E-state index contributed by atoms with van der Waals surface area (Å²) in [7, 11) is 3.85. The predicted octanol–water partition coefficient (Wildman–Crippen LogP) is -0.0137. The highest BCUT2D eigenvalue weighted by atomic mass is 16.3. The Morgan fingerprint density at radius 1 is 1.29 bits per heavy atom. The van der Waals surface area contributed by atoms with Gasteiger partial charge >= 0.3 is 0 Å². The van der Waals surface area contributed by atoms with Gasteiger partial charge in [0.1, 0.15) is 11.9 Å². The standard InChI is InChI=1S/C19H24N6O3/c1-12(27)21-16(11-26)19(28)25-9-6-14-15(10-25)22-17(23-18(14)24(2)3)13-4-7-20-8-5-13/h4-5,7-8,16,26H,6,9-11H2,1-3H3,(H,21,27)/t16-/m1/s1. The van der Waals surface area contributed by atoms with E-state index in [0.717, 1.165) is 22.6 Å². The lowest BCUT2D eigenvalue weighted by Crippen LogP contribution is -2.51. The van der Waals surface area contributed by atoms with Gasteiger partial charge in [-0.15, -0.1) is 0 Å². The third kappa shape index (κ3) is 4.09. The van der Waals surface area contributed by atoms with Crippen molar-refractivity contribution in [3.63, 3.8) is 0 Å². The van der Waals surface area contributed by atoms with E-state index in [4.69, 9.17) is 9.97 Å². The highest BCUT2D eigenvalue weighted by Gasteiger charge is 2.30. The van der Waals surface area contributed by atoms with E-state index in [0.29, 0.717) is 25.3 Å². The molecule has 0 aliphatic carbocycles. The third-order valence-corrected chi connectivity index (χ3v) is 4.58. The van der Waals surface area contributed by atoms with Crippen LogP contribution in [0.3, 0.4) is 0 Å². The van der Waals surface area contributed by atoms with Gasteiger partial charge in [-0.1, -0.05) is 0 Å². The minimum Gasteiger partial charge on any atom is -0.394 e. The number of carbonyl (C=O) groups is 2. The molecule has 2 aromatic rings. The monoisotopic (exact) mass is 384 g/mol. The lowest BCUT2D eigenvalue weighted by atomic mass is 10.0. The molecule has 0 radical (unpaired) electrons. The zero-order valence-electron chi connectivity index (χ0n) is 16.2. The second-order valence-corrected chi connectivity index (χ2v) is 6.87. The van der Waals surface area contributed by atoms with Crippen LogP contribution < -0.4 is 10.2 Å². The normalized spacial score (nSPS) is 14.2. The molecule has 2 N–H and O–H groups in total. The fraction of sp³-hybridized carbons (Fsp3) is 0.421. The first-order valence-electron chi connectivity index (χ1n) is 9.05. The molecule has 1 atom stereocenters. The Bertz CT molecular complexity index is 871. The number of nitrogens with zero attached hydrogens (tertiary/aromatic N) is 5. The summed E-state index contributed by atoms with van der Waals surface area (Å²) in [4.78, 5) is 41.0. The predicted molar refractivity (Wildman–Crippen MR) is 103 cm³/mol.